The van der Waals surface area contributed by atoms with Gasteiger partial charge < -0.3 is 4.74 Å². The zero-order valence-electron chi connectivity index (χ0n) is 11.3. The van der Waals surface area contributed by atoms with Gasteiger partial charge in [0.1, 0.15) is 5.75 Å². The molecule has 0 spiro atoms. The molecule has 0 aromatic heterocycles. The predicted octanol–water partition coefficient (Wildman–Crippen LogP) is 4.25. The SMILES string of the molecule is COc1ccc2cc(C#Cc3ccccc3)ccc2c1. The Balaban J connectivity index is 1.96. The monoisotopic (exact) mass is 258 g/mol. The normalized spacial score (nSPS) is 9.85. The number of ether oxygens (including phenoxy) is 1. The van der Waals surface area contributed by atoms with Gasteiger partial charge in [0.25, 0.3) is 0 Å². The largest absolute Gasteiger partial charge is 0.497 e. The number of rotatable bonds is 1. The Labute approximate surface area is 118 Å². The second-order valence-corrected chi connectivity index (χ2v) is 4.54. The summed E-state index contributed by atoms with van der Waals surface area (Å²) in [4.78, 5) is 0. The summed E-state index contributed by atoms with van der Waals surface area (Å²) in [5.74, 6) is 7.25. The van der Waals surface area contributed by atoms with Crippen LogP contribution in [0.25, 0.3) is 10.8 Å². The van der Waals surface area contributed by atoms with E-state index >= 15 is 0 Å². The topological polar surface area (TPSA) is 9.23 Å². The second kappa shape index (κ2) is 5.50. The van der Waals surface area contributed by atoms with Crippen molar-refractivity contribution >= 4 is 10.8 Å². The van der Waals surface area contributed by atoms with E-state index in [9.17, 15) is 0 Å². The summed E-state index contributed by atoms with van der Waals surface area (Å²) < 4.78 is 5.23. The highest BCUT2D eigenvalue weighted by Crippen LogP contribution is 2.21. The molecular formula is C19H14O. The fourth-order valence-electron chi connectivity index (χ4n) is 2.09. The van der Waals surface area contributed by atoms with Gasteiger partial charge in [-0.15, -0.1) is 0 Å². The van der Waals surface area contributed by atoms with Crippen LogP contribution in [0.2, 0.25) is 0 Å². The van der Waals surface area contributed by atoms with Crippen LogP contribution in [0.4, 0.5) is 0 Å². The van der Waals surface area contributed by atoms with Crippen molar-refractivity contribution in [1.29, 1.82) is 0 Å². The first-order valence-corrected chi connectivity index (χ1v) is 6.50. The molecule has 0 saturated carbocycles. The first kappa shape index (κ1) is 12.3. The molecule has 1 heteroatoms. The maximum absolute atomic E-state index is 5.23. The Hall–Kier alpha value is -2.72. The Morgan fingerprint density at radius 1 is 0.700 bits per heavy atom. The molecule has 1 nitrogen and oxygen atoms in total. The van der Waals surface area contributed by atoms with Crippen molar-refractivity contribution in [3.05, 3.63) is 77.9 Å². The molecule has 96 valence electrons. The van der Waals surface area contributed by atoms with Gasteiger partial charge in [-0.25, -0.2) is 0 Å². The smallest absolute Gasteiger partial charge is 0.119 e. The van der Waals surface area contributed by atoms with Crippen molar-refractivity contribution in [3.8, 4) is 17.6 Å². The first-order chi connectivity index (χ1) is 9.85. The van der Waals surface area contributed by atoms with E-state index in [0.29, 0.717) is 0 Å². The summed E-state index contributed by atoms with van der Waals surface area (Å²) >= 11 is 0. The number of hydrogen-bond donors (Lipinski definition) is 0. The molecule has 0 bridgehead atoms. The van der Waals surface area contributed by atoms with Crippen LogP contribution in [0.3, 0.4) is 0 Å². The van der Waals surface area contributed by atoms with Crippen molar-refractivity contribution in [1.82, 2.24) is 0 Å². The minimum Gasteiger partial charge on any atom is -0.497 e. The quantitative estimate of drug-likeness (QED) is 0.593. The van der Waals surface area contributed by atoms with Crippen LogP contribution in [-0.4, -0.2) is 7.11 Å². The Morgan fingerprint density at radius 3 is 2.20 bits per heavy atom. The summed E-state index contributed by atoms with van der Waals surface area (Å²) in [6.07, 6.45) is 0. The van der Waals surface area contributed by atoms with E-state index in [-0.39, 0.29) is 0 Å². The maximum atomic E-state index is 5.23. The molecule has 0 saturated heterocycles. The van der Waals surface area contributed by atoms with Crippen molar-refractivity contribution in [2.75, 3.05) is 7.11 Å². The zero-order valence-corrected chi connectivity index (χ0v) is 11.3. The van der Waals surface area contributed by atoms with E-state index < -0.39 is 0 Å². The lowest BCUT2D eigenvalue weighted by molar-refractivity contribution is 0.415. The molecule has 0 N–H and O–H groups in total. The van der Waals surface area contributed by atoms with Crippen molar-refractivity contribution < 1.29 is 4.74 Å². The van der Waals surface area contributed by atoms with Crippen LogP contribution in [0, 0.1) is 11.8 Å². The Kier molecular flexibility index (Phi) is 3.39. The van der Waals surface area contributed by atoms with Crippen LogP contribution >= 0.6 is 0 Å². The van der Waals surface area contributed by atoms with E-state index in [2.05, 4.69) is 30.0 Å². The van der Waals surface area contributed by atoms with Crippen LogP contribution in [-0.2, 0) is 0 Å². The van der Waals surface area contributed by atoms with E-state index in [1.807, 2.05) is 48.5 Å². The fraction of sp³-hybridized carbons (Fsp3) is 0.0526. The van der Waals surface area contributed by atoms with Gasteiger partial charge >= 0.3 is 0 Å². The van der Waals surface area contributed by atoms with Crippen LogP contribution in [0.15, 0.2) is 66.7 Å². The van der Waals surface area contributed by atoms with Crippen molar-refractivity contribution in [2.45, 2.75) is 0 Å². The molecule has 0 radical (unpaired) electrons. The highest BCUT2D eigenvalue weighted by molar-refractivity contribution is 5.85. The Bertz CT molecular complexity index is 792. The van der Waals surface area contributed by atoms with Gasteiger partial charge in [-0.3, -0.25) is 0 Å². The third-order valence-corrected chi connectivity index (χ3v) is 3.17. The molecule has 3 rings (SSSR count). The number of fused-ring (bicyclic) bond motifs is 1. The number of benzene rings is 3. The summed E-state index contributed by atoms with van der Waals surface area (Å²) in [5.41, 5.74) is 2.05. The lowest BCUT2D eigenvalue weighted by Gasteiger charge is -2.02. The van der Waals surface area contributed by atoms with Crippen LogP contribution in [0.5, 0.6) is 5.75 Å². The van der Waals surface area contributed by atoms with E-state index in [1.54, 1.807) is 7.11 Å². The molecule has 0 unspecified atom stereocenters. The molecule has 3 aromatic rings. The standard InChI is InChI=1S/C19H14O/c1-20-19-12-11-17-13-16(9-10-18(17)14-19)8-7-15-5-3-2-4-6-15/h2-6,9-14H,1H3. The molecular weight excluding hydrogens is 244 g/mol. The van der Waals surface area contributed by atoms with Gasteiger partial charge in [-0.05, 0) is 47.2 Å². The average Bonchev–Trinajstić information content (AvgIpc) is 2.53. The average molecular weight is 258 g/mol. The molecule has 0 fully saturated rings. The molecule has 0 aliphatic carbocycles. The highest BCUT2D eigenvalue weighted by Gasteiger charge is 1.97. The highest BCUT2D eigenvalue weighted by atomic mass is 16.5. The summed E-state index contributed by atoms with van der Waals surface area (Å²) in [5, 5.41) is 2.33. The van der Waals surface area contributed by atoms with Gasteiger partial charge in [0.05, 0.1) is 7.11 Å². The summed E-state index contributed by atoms with van der Waals surface area (Å²) in [6.45, 7) is 0. The summed E-state index contributed by atoms with van der Waals surface area (Å²) in [7, 11) is 1.68. The molecule has 3 aromatic carbocycles. The van der Waals surface area contributed by atoms with E-state index in [4.69, 9.17) is 4.74 Å². The maximum Gasteiger partial charge on any atom is 0.119 e. The van der Waals surface area contributed by atoms with E-state index in [0.717, 1.165) is 22.3 Å². The molecule has 0 atom stereocenters. The van der Waals surface area contributed by atoms with Gasteiger partial charge in [0.15, 0.2) is 0 Å². The second-order valence-electron chi connectivity index (χ2n) is 4.54. The Morgan fingerprint density at radius 2 is 1.40 bits per heavy atom. The minimum atomic E-state index is 0.876. The van der Waals surface area contributed by atoms with E-state index in [1.165, 1.54) is 5.39 Å². The molecule has 0 aliphatic heterocycles. The summed E-state index contributed by atoms with van der Waals surface area (Å²) in [6, 6.07) is 22.3. The van der Waals surface area contributed by atoms with Gasteiger partial charge in [0.2, 0.25) is 0 Å². The third kappa shape index (κ3) is 2.65. The van der Waals surface area contributed by atoms with Crippen molar-refractivity contribution in [2.24, 2.45) is 0 Å². The number of methoxy groups -OCH3 is 1. The first-order valence-electron chi connectivity index (χ1n) is 6.50. The minimum absolute atomic E-state index is 0.876. The third-order valence-electron chi connectivity index (χ3n) is 3.17. The number of hydrogen-bond acceptors (Lipinski definition) is 1. The lowest BCUT2D eigenvalue weighted by atomic mass is 10.1. The van der Waals surface area contributed by atoms with Crippen LogP contribution in [0.1, 0.15) is 11.1 Å². The van der Waals surface area contributed by atoms with Crippen LogP contribution < -0.4 is 4.74 Å². The molecule has 0 amide bonds. The fourth-order valence-corrected chi connectivity index (χ4v) is 2.09. The zero-order chi connectivity index (χ0) is 13.8. The molecule has 0 heterocycles. The molecule has 20 heavy (non-hydrogen) atoms. The van der Waals surface area contributed by atoms with Crippen molar-refractivity contribution in [3.63, 3.8) is 0 Å². The predicted molar refractivity (Wildman–Crippen MR) is 82.9 cm³/mol. The lowest BCUT2D eigenvalue weighted by Crippen LogP contribution is -1.83. The van der Waals surface area contributed by atoms with Gasteiger partial charge in [-0.1, -0.05) is 42.2 Å². The van der Waals surface area contributed by atoms with Gasteiger partial charge in [-0.2, -0.15) is 0 Å². The molecule has 0 aliphatic rings. The van der Waals surface area contributed by atoms with Gasteiger partial charge in [0, 0.05) is 11.1 Å².